The number of likely N-dealkylation sites (N-methyl/N-ethyl adjacent to an activating group) is 1. The second-order valence-electron chi connectivity index (χ2n) is 6.24. The quantitative estimate of drug-likeness (QED) is 0.719. The van der Waals surface area contributed by atoms with E-state index in [2.05, 4.69) is 54.3 Å². The Morgan fingerprint density at radius 2 is 1.67 bits per heavy atom. The Morgan fingerprint density at radius 3 is 2.29 bits per heavy atom. The van der Waals surface area contributed by atoms with Gasteiger partial charge in [0.2, 0.25) is 5.95 Å². The van der Waals surface area contributed by atoms with E-state index in [1.54, 1.807) is 0 Å². The van der Waals surface area contributed by atoms with Crippen molar-refractivity contribution in [2.45, 2.75) is 12.8 Å². The molecule has 0 unspecified atom stereocenters. The Hall–Kier alpha value is -0.470. The Bertz CT molecular complexity index is 436. The summed E-state index contributed by atoms with van der Waals surface area (Å²) < 4.78 is 1.10. The molecule has 0 aliphatic carbocycles. The summed E-state index contributed by atoms with van der Waals surface area (Å²) in [5.41, 5.74) is 0. The predicted octanol–water partition coefficient (Wildman–Crippen LogP) is 1.54. The highest BCUT2D eigenvalue weighted by Gasteiger charge is 2.24. The molecule has 6 heteroatoms. The van der Waals surface area contributed by atoms with Crippen LogP contribution in [0.25, 0.3) is 0 Å². The lowest BCUT2D eigenvalue weighted by atomic mass is 9.96. The smallest absolute Gasteiger partial charge is 0.225 e. The third-order valence-corrected chi connectivity index (χ3v) is 5.17. The third-order valence-electron chi connectivity index (χ3n) is 4.62. The molecule has 21 heavy (non-hydrogen) atoms. The summed E-state index contributed by atoms with van der Waals surface area (Å²) in [6, 6.07) is 0. The minimum atomic E-state index is 0.841. The van der Waals surface area contributed by atoms with E-state index >= 15 is 0 Å². The normalized spacial score (nSPS) is 22.7. The fourth-order valence-electron chi connectivity index (χ4n) is 3.18. The molecule has 0 bridgehead atoms. The molecule has 0 spiro atoms. The average Bonchev–Trinajstić information content (AvgIpc) is 2.51. The number of rotatable bonds is 3. The van der Waals surface area contributed by atoms with Crippen LogP contribution in [0.15, 0.2) is 12.4 Å². The molecule has 0 amide bonds. The number of hydrogen-bond acceptors (Lipinski definition) is 5. The van der Waals surface area contributed by atoms with Gasteiger partial charge >= 0.3 is 0 Å². The van der Waals surface area contributed by atoms with Crippen molar-refractivity contribution < 1.29 is 0 Å². The lowest BCUT2D eigenvalue weighted by Crippen LogP contribution is -2.47. The van der Waals surface area contributed by atoms with Gasteiger partial charge in [-0.15, -0.1) is 0 Å². The second-order valence-corrected chi connectivity index (χ2v) is 7.48. The Balaban J connectivity index is 1.45. The van der Waals surface area contributed by atoms with Crippen LogP contribution in [-0.2, 0) is 0 Å². The number of piperazine rings is 1. The van der Waals surface area contributed by atoms with Gasteiger partial charge in [0.05, 0.1) is 0 Å². The van der Waals surface area contributed by atoms with Crippen molar-refractivity contribution in [3.8, 4) is 0 Å². The van der Waals surface area contributed by atoms with Crippen LogP contribution < -0.4 is 4.90 Å². The molecule has 0 aromatic carbocycles. The number of piperidine rings is 1. The van der Waals surface area contributed by atoms with Crippen molar-refractivity contribution in [1.29, 1.82) is 0 Å². The molecule has 2 aliphatic rings. The van der Waals surface area contributed by atoms with Crippen LogP contribution in [0.1, 0.15) is 12.8 Å². The van der Waals surface area contributed by atoms with E-state index in [4.69, 9.17) is 0 Å². The Kier molecular flexibility index (Phi) is 5.29. The number of anilines is 1. The van der Waals surface area contributed by atoms with Gasteiger partial charge in [-0.2, -0.15) is 0 Å². The van der Waals surface area contributed by atoms with Crippen LogP contribution in [-0.4, -0.2) is 72.6 Å². The summed E-state index contributed by atoms with van der Waals surface area (Å²) in [7, 11) is 2.22. The van der Waals surface area contributed by atoms with E-state index in [9.17, 15) is 0 Å². The van der Waals surface area contributed by atoms with Gasteiger partial charge in [-0.1, -0.05) is 0 Å². The van der Waals surface area contributed by atoms with Crippen molar-refractivity contribution in [2.75, 3.05) is 57.8 Å². The maximum absolute atomic E-state index is 4.44. The van der Waals surface area contributed by atoms with E-state index in [1.165, 1.54) is 45.6 Å². The van der Waals surface area contributed by atoms with E-state index in [0.717, 1.165) is 28.5 Å². The fraction of sp³-hybridized carbons (Fsp3) is 0.733. The molecule has 2 saturated heterocycles. The number of halogens is 1. The Morgan fingerprint density at radius 1 is 1.05 bits per heavy atom. The minimum absolute atomic E-state index is 0.841. The van der Waals surface area contributed by atoms with E-state index in [1.807, 2.05) is 12.4 Å². The van der Waals surface area contributed by atoms with Crippen LogP contribution in [0.2, 0.25) is 0 Å². The van der Waals surface area contributed by atoms with Gasteiger partial charge in [0, 0.05) is 61.8 Å². The van der Waals surface area contributed by atoms with Crippen LogP contribution >= 0.6 is 22.6 Å². The highest BCUT2D eigenvalue weighted by atomic mass is 127. The monoisotopic (exact) mass is 401 g/mol. The van der Waals surface area contributed by atoms with Crippen molar-refractivity contribution >= 4 is 28.5 Å². The maximum atomic E-state index is 4.44. The molecule has 0 N–H and O–H groups in total. The molecular formula is C15H24IN5. The first-order chi connectivity index (χ1) is 10.2. The van der Waals surface area contributed by atoms with Crippen LogP contribution in [0, 0.1) is 9.49 Å². The van der Waals surface area contributed by atoms with Gasteiger partial charge in [0.1, 0.15) is 0 Å². The molecule has 1 aromatic heterocycles. The fourth-order valence-corrected chi connectivity index (χ4v) is 3.46. The highest BCUT2D eigenvalue weighted by Crippen LogP contribution is 2.22. The van der Waals surface area contributed by atoms with Gasteiger partial charge in [0.15, 0.2) is 0 Å². The second kappa shape index (κ2) is 7.19. The summed E-state index contributed by atoms with van der Waals surface area (Å²) in [4.78, 5) is 16.3. The van der Waals surface area contributed by atoms with Gasteiger partial charge < -0.3 is 14.7 Å². The van der Waals surface area contributed by atoms with Crippen LogP contribution in [0.4, 0.5) is 5.95 Å². The molecule has 0 radical (unpaired) electrons. The minimum Gasteiger partial charge on any atom is -0.341 e. The van der Waals surface area contributed by atoms with Crippen molar-refractivity contribution in [3.63, 3.8) is 0 Å². The average molecular weight is 401 g/mol. The molecule has 3 rings (SSSR count). The van der Waals surface area contributed by atoms with E-state index < -0.39 is 0 Å². The van der Waals surface area contributed by atoms with E-state index in [-0.39, 0.29) is 0 Å². The van der Waals surface area contributed by atoms with Crippen molar-refractivity contribution in [1.82, 2.24) is 19.8 Å². The predicted molar refractivity (Wildman–Crippen MR) is 93.6 cm³/mol. The lowest BCUT2D eigenvalue weighted by molar-refractivity contribution is 0.129. The molecule has 1 aromatic rings. The molecule has 116 valence electrons. The summed E-state index contributed by atoms with van der Waals surface area (Å²) in [5.74, 6) is 1.74. The van der Waals surface area contributed by atoms with Crippen LogP contribution in [0.3, 0.4) is 0 Å². The Labute approximate surface area is 140 Å². The zero-order valence-corrected chi connectivity index (χ0v) is 14.9. The molecule has 0 saturated carbocycles. The summed E-state index contributed by atoms with van der Waals surface area (Å²) >= 11 is 2.25. The standard InChI is InChI=1S/C15H24IN5/c1-19-6-8-20(9-7-19)12-13-2-4-21(5-3-13)15-17-10-14(16)11-18-15/h10-11,13H,2-9,12H2,1H3. The zero-order chi connectivity index (χ0) is 14.7. The summed E-state index contributed by atoms with van der Waals surface area (Å²) in [6.45, 7) is 8.37. The van der Waals surface area contributed by atoms with E-state index in [0.29, 0.717) is 0 Å². The first-order valence-corrected chi connectivity index (χ1v) is 8.92. The van der Waals surface area contributed by atoms with Gasteiger partial charge in [-0.25, -0.2) is 9.97 Å². The van der Waals surface area contributed by atoms with Gasteiger partial charge in [-0.3, -0.25) is 0 Å². The van der Waals surface area contributed by atoms with Gasteiger partial charge in [-0.05, 0) is 48.4 Å². The zero-order valence-electron chi connectivity index (χ0n) is 12.7. The van der Waals surface area contributed by atoms with Crippen molar-refractivity contribution in [3.05, 3.63) is 16.0 Å². The summed E-state index contributed by atoms with van der Waals surface area (Å²) in [5, 5.41) is 0. The molecule has 2 fully saturated rings. The van der Waals surface area contributed by atoms with Gasteiger partial charge in [0.25, 0.3) is 0 Å². The number of hydrogen-bond donors (Lipinski definition) is 0. The molecule has 0 atom stereocenters. The topological polar surface area (TPSA) is 35.5 Å². The number of nitrogens with zero attached hydrogens (tertiary/aromatic N) is 5. The largest absolute Gasteiger partial charge is 0.341 e. The van der Waals surface area contributed by atoms with Crippen molar-refractivity contribution in [2.24, 2.45) is 5.92 Å². The maximum Gasteiger partial charge on any atom is 0.225 e. The summed E-state index contributed by atoms with van der Waals surface area (Å²) in [6.07, 6.45) is 6.34. The lowest BCUT2D eigenvalue weighted by Gasteiger charge is -2.37. The first kappa shape index (κ1) is 15.4. The molecular weight excluding hydrogens is 377 g/mol. The molecule has 2 aliphatic heterocycles. The SMILES string of the molecule is CN1CCN(CC2CCN(c3ncc(I)cn3)CC2)CC1. The molecule has 3 heterocycles. The molecule has 5 nitrogen and oxygen atoms in total. The number of aromatic nitrogens is 2. The van der Waals surface area contributed by atoms with Crippen LogP contribution in [0.5, 0.6) is 0 Å². The third kappa shape index (κ3) is 4.26. The highest BCUT2D eigenvalue weighted by molar-refractivity contribution is 14.1. The first-order valence-electron chi connectivity index (χ1n) is 7.84.